The Hall–Kier alpha value is -2.00. The van der Waals surface area contributed by atoms with Gasteiger partial charge in [-0.3, -0.25) is 0 Å². The van der Waals surface area contributed by atoms with Gasteiger partial charge in [-0.05, 0) is 41.8 Å². The Bertz CT molecular complexity index is 491. The van der Waals surface area contributed by atoms with Crippen molar-refractivity contribution in [1.82, 2.24) is 0 Å². The molecule has 3 heteroatoms. The summed E-state index contributed by atoms with van der Waals surface area (Å²) in [6, 6.07) is 15.9. The van der Waals surface area contributed by atoms with Crippen LogP contribution in [0.4, 0.5) is 5.69 Å². The van der Waals surface area contributed by atoms with E-state index in [1.54, 1.807) is 0 Å². The van der Waals surface area contributed by atoms with Crippen LogP contribution in [0.15, 0.2) is 48.5 Å². The highest BCUT2D eigenvalue weighted by Crippen LogP contribution is 2.14. The highest BCUT2D eigenvalue weighted by atomic mass is 16.5. The van der Waals surface area contributed by atoms with Crippen LogP contribution in [0.25, 0.3) is 0 Å². The lowest BCUT2D eigenvalue weighted by Gasteiger charge is -2.10. The molecule has 0 spiro atoms. The Labute approximate surface area is 120 Å². The van der Waals surface area contributed by atoms with Crippen LogP contribution >= 0.6 is 0 Å². The molecule has 2 rings (SSSR count). The fourth-order valence-electron chi connectivity index (χ4n) is 2.00. The summed E-state index contributed by atoms with van der Waals surface area (Å²) in [4.78, 5) is 0. The fourth-order valence-corrected chi connectivity index (χ4v) is 2.00. The van der Waals surface area contributed by atoms with Crippen molar-refractivity contribution in [2.45, 2.75) is 20.0 Å². The van der Waals surface area contributed by atoms with E-state index in [1.807, 2.05) is 36.4 Å². The molecule has 0 aliphatic carbocycles. The Balaban J connectivity index is 1.78. The lowest BCUT2D eigenvalue weighted by Crippen LogP contribution is -2.11. The molecule has 0 fully saturated rings. The first-order valence-corrected chi connectivity index (χ1v) is 6.97. The van der Waals surface area contributed by atoms with Crippen LogP contribution in [-0.4, -0.2) is 18.3 Å². The molecule has 0 aliphatic heterocycles. The van der Waals surface area contributed by atoms with Crippen LogP contribution in [0.3, 0.4) is 0 Å². The van der Waals surface area contributed by atoms with Crippen LogP contribution in [0.2, 0.25) is 0 Å². The molecule has 0 bridgehead atoms. The van der Waals surface area contributed by atoms with Crippen molar-refractivity contribution in [1.29, 1.82) is 0 Å². The number of aliphatic hydroxyl groups is 1. The third-order valence-electron chi connectivity index (χ3n) is 3.12. The van der Waals surface area contributed by atoms with E-state index in [-0.39, 0.29) is 6.61 Å². The second kappa shape index (κ2) is 7.56. The lowest BCUT2D eigenvalue weighted by molar-refractivity contribution is 0.282. The molecule has 0 saturated heterocycles. The number of anilines is 1. The third-order valence-corrected chi connectivity index (χ3v) is 3.12. The average Bonchev–Trinajstić information content (AvgIpc) is 2.52. The standard InChI is InChI=1S/C17H21NO2/c1-2-14-5-4-8-17(12-14)20-10-9-18-16-7-3-6-15(11-16)13-19/h3-8,11-12,18-19H,2,9-10,13H2,1H3. The van der Waals surface area contributed by atoms with E-state index in [2.05, 4.69) is 24.4 Å². The second-order valence-electron chi connectivity index (χ2n) is 4.63. The maximum absolute atomic E-state index is 9.08. The van der Waals surface area contributed by atoms with E-state index in [1.165, 1.54) is 5.56 Å². The molecule has 0 atom stereocenters. The smallest absolute Gasteiger partial charge is 0.119 e. The first kappa shape index (κ1) is 14.4. The molecule has 20 heavy (non-hydrogen) atoms. The number of ether oxygens (including phenoxy) is 1. The van der Waals surface area contributed by atoms with Crippen molar-refractivity contribution in [3.63, 3.8) is 0 Å². The van der Waals surface area contributed by atoms with Gasteiger partial charge in [0.05, 0.1) is 6.61 Å². The van der Waals surface area contributed by atoms with Crippen LogP contribution in [0.5, 0.6) is 5.75 Å². The maximum Gasteiger partial charge on any atom is 0.119 e. The first-order chi connectivity index (χ1) is 9.81. The van der Waals surface area contributed by atoms with Gasteiger partial charge in [-0.2, -0.15) is 0 Å². The van der Waals surface area contributed by atoms with Gasteiger partial charge in [0.15, 0.2) is 0 Å². The molecule has 0 unspecified atom stereocenters. The van der Waals surface area contributed by atoms with Crippen molar-refractivity contribution < 1.29 is 9.84 Å². The zero-order valence-electron chi connectivity index (χ0n) is 11.8. The molecule has 0 aromatic heterocycles. The van der Waals surface area contributed by atoms with E-state index in [0.717, 1.165) is 30.0 Å². The van der Waals surface area contributed by atoms with Gasteiger partial charge >= 0.3 is 0 Å². The van der Waals surface area contributed by atoms with Crippen LogP contribution in [0, 0.1) is 0 Å². The van der Waals surface area contributed by atoms with Gasteiger partial charge in [0.1, 0.15) is 12.4 Å². The lowest BCUT2D eigenvalue weighted by atomic mass is 10.2. The van der Waals surface area contributed by atoms with Gasteiger partial charge < -0.3 is 15.2 Å². The van der Waals surface area contributed by atoms with Gasteiger partial charge in [-0.25, -0.2) is 0 Å². The number of benzene rings is 2. The molecule has 2 N–H and O–H groups in total. The Morgan fingerprint density at radius 2 is 1.85 bits per heavy atom. The number of hydrogen-bond donors (Lipinski definition) is 2. The summed E-state index contributed by atoms with van der Waals surface area (Å²) in [5.74, 6) is 0.912. The fraction of sp³-hybridized carbons (Fsp3) is 0.294. The summed E-state index contributed by atoms with van der Waals surface area (Å²) in [5.41, 5.74) is 3.19. The van der Waals surface area contributed by atoms with Crippen molar-refractivity contribution in [3.8, 4) is 5.75 Å². The van der Waals surface area contributed by atoms with Gasteiger partial charge in [-0.1, -0.05) is 31.2 Å². The largest absolute Gasteiger partial charge is 0.492 e. The summed E-state index contributed by atoms with van der Waals surface area (Å²) in [7, 11) is 0. The number of nitrogens with one attached hydrogen (secondary N) is 1. The van der Waals surface area contributed by atoms with E-state index in [4.69, 9.17) is 9.84 Å². The summed E-state index contributed by atoms with van der Waals surface area (Å²) >= 11 is 0. The molecular weight excluding hydrogens is 250 g/mol. The summed E-state index contributed by atoms with van der Waals surface area (Å²) < 4.78 is 5.71. The molecule has 3 nitrogen and oxygen atoms in total. The third kappa shape index (κ3) is 4.28. The Morgan fingerprint density at radius 3 is 2.65 bits per heavy atom. The second-order valence-corrected chi connectivity index (χ2v) is 4.63. The van der Waals surface area contributed by atoms with Crippen molar-refractivity contribution in [2.24, 2.45) is 0 Å². The minimum atomic E-state index is 0.0653. The molecule has 2 aromatic rings. The summed E-state index contributed by atoms with van der Waals surface area (Å²) in [6.07, 6.45) is 1.02. The molecule has 106 valence electrons. The minimum Gasteiger partial charge on any atom is -0.492 e. The van der Waals surface area contributed by atoms with Crippen molar-refractivity contribution in [3.05, 3.63) is 59.7 Å². The van der Waals surface area contributed by atoms with E-state index in [9.17, 15) is 0 Å². The highest BCUT2D eigenvalue weighted by Gasteiger charge is 1.97. The van der Waals surface area contributed by atoms with Gasteiger partial charge in [-0.15, -0.1) is 0 Å². The topological polar surface area (TPSA) is 41.5 Å². The van der Waals surface area contributed by atoms with Crippen LogP contribution < -0.4 is 10.1 Å². The molecule has 0 saturated carbocycles. The molecule has 0 amide bonds. The quantitative estimate of drug-likeness (QED) is 0.760. The summed E-state index contributed by atoms with van der Waals surface area (Å²) in [6.45, 7) is 3.53. The van der Waals surface area contributed by atoms with Gasteiger partial charge in [0.25, 0.3) is 0 Å². The van der Waals surface area contributed by atoms with Gasteiger partial charge in [0, 0.05) is 12.2 Å². The van der Waals surface area contributed by atoms with Crippen LogP contribution in [-0.2, 0) is 13.0 Å². The number of aryl methyl sites for hydroxylation is 1. The predicted octanol–water partition coefficient (Wildman–Crippen LogP) is 3.23. The molecular formula is C17H21NO2. The molecule has 2 aromatic carbocycles. The van der Waals surface area contributed by atoms with Crippen molar-refractivity contribution >= 4 is 5.69 Å². The average molecular weight is 271 g/mol. The van der Waals surface area contributed by atoms with Crippen LogP contribution in [0.1, 0.15) is 18.1 Å². The molecule has 0 aliphatic rings. The monoisotopic (exact) mass is 271 g/mol. The van der Waals surface area contributed by atoms with E-state index in [0.29, 0.717) is 6.61 Å². The Morgan fingerprint density at radius 1 is 1.05 bits per heavy atom. The minimum absolute atomic E-state index is 0.0653. The van der Waals surface area contributed by atoms with Gasteiger partial charge in [0.2, 0.25) is 0 Å². The normalized spacial score (nSPS) is 10.3. The molecule has 0 radical (unpaired) electrons. The molecule has 0 heterocycles. The number of hydrogen-bond acceptors (Lipinski definition) is 3. The number of aliphatic hydroxyl groups excluding tert-OH is 1. The SMILES string of the molecule is CCc1cccc(OCCNc2cccc(CO)c2)c1. The summed E-state index contributed by atoms with van der Waals surface area (Å²) in [5, 5.41) is 12.4. The van der Waals surface area contributed by atoms with E-state index >= 15 is 0 Å². The van der Waals surface area contributed by atoms with Crippen molar-refractivity contribution in [2.75, 3.05) is 18.5 Å². The maximum atomic E-state index is 9.08. The van der Waals surface area contributed by atoms with E-state index < -0.39 is 0 Å². The zero-order valence-corrected chi connectivity index (χ0v) is 11.8. The Kier molecular flexibility index (Phi) is 5.44. The number of rotatable bonds is 7. The first-order valence-electron chi connectivity index (χ1n) is 6.97. The predicted molar refractivity (Wildman–Crippen MR) is 82.2 cm³/mol. The highest BCUT2D eigenvalue weighted by molar-refractivity contribution is 5.45. The zero-order chi connectivity index (χ0) is 14.2.